The highest BCUT2D eigenvalue weighted by Crippen LogP contribution is 2.33. The van der Waals surface area contributed by atoms with Crippen molar-refractivity contribution in [2.45, 2.75) is 59.1 Å². The zero-order valence-corrected chi connectivity index (χ0v) is 16.2. The molecule has 5 heteroatoms. The third-order valence-electron chi connectivity index (χ3n) is 4.46. The molecule has 2 aromatic rings. The molecule has 0 bridgehead atoms. The van der Waals surface area contributed by atoms with Gasteiger partial charge in [0.25, 0.3) is 0 Å². The number of hydrogen-bond donors (Lipinski definition) is 0. The maximum atomic E-state index is 13.2. The van der Waals surface area contributed by atoms with Crippen LogP contribution in [0, 0.1) is 5.92 Å². The Morgan fingerprint density at radius 2 is 1.85 bits per heavy atom. The lowest BCUT2D eigenvalue weighted by Gasteiger charge is -2.14. The number of nitrogens with zero attached hydrogens (tertiary/aromatic N) is 2. The number of alkyl halides is 3. The molecule has 0 N–H and O–H groups in total. The van der Waals surface area contributed by atoms with Crippen molar-refractivity contribution in [1.82, 2.24) is 9.97 Å². The SMILES string of the molecule is CC(C)=Cc1cc(CC(C)CCCCc2ccncc2)ncc1C(F)(F)F. The van der Waals surface area contributed by atoms with Gasteiger partial charge in [0.2, 0.25) is 0 Å². The molecular formula is C22H27F3N2. The van der Waals surface area contributed by atoms with Gasteiger partial charge in [-0.05, 0) is 68.4 Å². The fourth-order valence-corrected chi connectivity index (χ4v) is 3.13. The van der Waals surface area contributed by atoms with Crippen LogP contribution < -0.4 is 0 Å². The lowest BCUT2D eigenvalue weighted by molar-refractivity contribution is -0.138. The summed E-state index contributed by atoms with van der Waals surface area (Å²) in [6.45, 7) is 5.73. The maximum Gasteiger partial charge on any atom is 0.418 e. The van der Waals surface area contributed by atoms with Crippen LogP contribution in [0.2, 0.25) is 0 Å². The summed E-state index contributed by atoms with van der Waals surface area (Å²) >= 11 is 0. The Morgan fingerprint density at radius 1 is 1.15 bits per heavy atom. The van der Waals surface area contributed by atoms with Crippen LogP contribution in [0.5, 0.6) is 0 Å². The molecule has 0 spiro atoms. The summed E-state index contributed by atoms with van der Waals surface area (Å²) in [5.74, 6) is 0.381. The summed E-state index contributed by atoms with van der Waals surface area (Å²) in [5.41, 5.74) is 2.38. The third-order valence-corrected chi connectivity index (χ3v) is 4.46. The number of halogens is 3. The molecule has 2 heterocycles. The summed E-state index contributed by atoms with van der Waals surface area (Å²) in [6, 6.07) is 5.64. The van der Waals surface area contributed by atoms with Crippen molar-refractivity contribution in [3.8, 4) is 0 Å². The molecule has 0 fully saturated rings. The molecule has 0 aliphatic rings. The molecule has 0 aliphatic carbocycles. The van der Waals surface area contributed by atoms with Crippen LogP contribution in [0.1, 0.15) is 62.4 Å². The predicted molar refractivity (Wildman–Crippen MR) is 103 cm³/mol. The van der Waals surface area contributed by atoms with Gasteiger partial charge in [0.1, 0.15) is 0 Å². The van der Waals surface area contributed by atoms with Crippen molar-refractivity contribution in [2.24, 2.45) is 5.92 Å². The van der Waals surface area contributed by atoms with Crippen molar-refractivity contribution >= 4 is 6.08 Å². The minimum absolute atomic E-state index is 0.206. The van der Waals surface area contributed by atoms with Gasteiger partial charge in [0.05, 0.1) is 5.56 Å². The molecule has 27 heavy (non-hydrogen) atoms. The van der Waals surface area contributed by atoms with E-state index in [0.717, 1.165) is 43.1 Å². The first kappa shape index (κ1) is 21.1. The van der Waals surface area contributed by atoms with E-state index in [1.165, 1.54) is 5.56 Å². The summed E-state index contributed by atoms with van der Waals surface area (Å²) < 4.78 is 39.5. The Labute approximate surface area is 159 Å². The van der Waals surface area contributed by atoms with Crippen LogP contribution in [0.3, 0.4) is 0 Å². The average Bonchev–Trinajstić information content (AvgIpc) is 2.58. The highest BCUT2D eigenvalue weighted by atomic mass is 19.4. The Hall–Kier alpha value is -2.17. The van der Waals surface area contributed by atoms with Gasteiger partial charge in [-0.1, -0.05) is 31.4 Å². The van der Waals surface area contributed by atoms with Gasteiger partial charge in [-0.2, -0.15) is 13.2 Å². The van der Waals surface area contributed by atoms with Gasteiger partial charge in [-0.25, -0.2) is 0 Å². The molecule has 0 radical (unpaired) electrons. The van der Waals surface area contributed by atoms with E-state index >= 15 is 0 Å². The van der Waals surface area contributed by atoms with Gasteiger partial charge in [-0.3, -0.25) is 9.97 Å². The van der Waals surface area contributed by atoms with E-state index in [-0.39, 0.29) is 5.56 Å². The Morgan fingerprint density at radius 3 is 2.48 bits per heavy atom. The van der Waals surface area contributed by atoms with Crippen LogP contribution in [-0.2, 0) is 19.0 Å². The standard InChI is InChI=1S/C22H27F3N2/c1-16(2)12-19-14-20(27-15-21(19)22(23,24)25)13-17(3)6-4-5-7-18-8-10-26-11-9-18/h8-12,14-15,17H,4-7,13H2,1-3H3. The Bertz CT molecular complexity index is 748. The quantitative estimate of drug-likeness (QED) is 0.491. The van der Waals surface area contributed by atoms with Crippen molar-refractivity contribution in [3.05, 3.63) is 64.7 Å². The highest BCUT2D eigenvalue weighted by molar-refractivity contribution is 5.56. The molecule has 2 aromatic heterocycles. The largest absolute Gasteiger partial charge is 0.418 e. The minimum Gasteiger partial charge on any atom is -0.265 e. The fraction of sp³-hybridized carbons (Fsp3) is 0.455. The van der Waals surface area contributed by atoms with E-state index in [1.807, 2.05) is 12.1 Å². The molecule has 0 amide bonds. The summed E-state index contributed by atoms with van der Waals surface area (Å²) in [6.07, 6.45) is 6.71. The molecule has 2 rings (SSSR count). The first-order valence-electron chi connectivity index (χ1n) is 9.35. The van der Waals surface area contributed by atoms with Crippen molar-refractivity contribution in [3.63, 3.8) is 0 Å². The number of pyridine rings is 2. The van der Waals surface area contributed by atoms with Gasteiger partial charge in [-0.15, -0.1) is 0 Å². The smallest absolute Gasteiger partial charge is 0.265 e. The first-order chi connectivity index (χ1) is 12.8. The highest BCUT2D eigenvalue weighted by Gasteiger charge is 2.33. The number of hydrogen-bond acceptors (Lipinski definition) is 2. The van der Waals surface area contributed by atoms with Gasteiger partial charge in [0.15, 0.2) is 0 Å². The van der Waals surface area contributed by atoms with Crippen molar-refractivity contribution in [1.29, 1.82) is 0 Å². The second-order valence-electron chi connectivity index (χ2n) is 7.39. The monoisotopic (exact) mass is 376 g/mol. The zero-order chi connectivity index (χ0) is 19.9. The van der Waals surface area contributed by atoms with E-state index in [2.05, 4.69) is 16.9 Å². The molecule has 1 atom stereocenters. The molecule has 0 saturated carbocycles. The van der Waals surface area contributed by atoms with Gasteiger partial charge in [0, 0.05) is 24.3 Å². The average molecular weight is 376 g/mol. The van der Waals surface area contributed by atoms with Gasteiger partial charge >= 0.3 is 6.18 Å². The molecule has 0 saturated heterocycles. The molecule has 2 nitrogen and oxygen atoms in total. The van der Waals surface area contributed by atoms with Crippen LogP contribution in [0.15, 0.2) is 42.4 Å². The fourth-order valence-electron chi connectivity index (χ4n) is 3.13. The van der Waals surface area contributed by atoms with E-state index in [9.17, 15) is 13.2 Å². The normalized spacial score (nSPS) is 12.7. The van der Waals surface area contributed by atoms with Crippen LogP contribution in [0.25, 0.3) is 6.08 Å². The second-order valence-corrected chi connectivity index (χ2v) is 7.39. The van der Waals surface area contributed by atoms with Crippen molar-refractivity contribution in [2.75, 3.05) is 0 Å². The number of aryl methyl sites for hydroxylation is 1. The van der Waals surface area contributed by atoms with E-state index in [0.29, 0.717) is 12.3 Å². The summed E-state index contributed by atoms with van der Waals surface area (Å²) in [4.78, 5) is 8.09. The Kier molecular flexibility index (Phi) is 7.57. The van der Waals surface area contributed by atoms with Crippen LogP contribution >= 0.6 is 0 Å². The van der Waals surface area contributed by atoms with Crippen LogP contribution in [-0.4, -0.2) is 9.97 Å². The summed E-state index contributed by atoms with van der Waals surface area (Å²) in [7, 11) is 0. The zero-order valence-electron chi connectivity index (χ0n) is 16.2. The number of unbranched alkanes of at least 4 members (excludes halogenated alkanes) is 1. The molecule has 0 aromatic carbocycles. The molecular weight excluding hydrogens is 349 g/mol. The second kappa shape index (κ2) is 9.67. The van der Waals surface area contributed by atoms with E-state index in [4.69, 9.17) is 0 Å². The molecule has 0 aliphatic heterocycles. The molecule has 1 unspecified atom stereocenters. The Balaban J connectivity index is 1.92. The van der Waals surface area contributed by atoms with Crippen molar-refractivity contribution < 1.29 is 13.2 Å². The lowest BCUT2D eigenvalue weighted by Crippen LogP contribution is -2.10. The first-order valence-corrected chi connectivity index (χ1v) is 9.35. The topological polar surface area (TPSA) is 25.8 Å². The van der Waals surface area contributed by atoms with Crippen LogP contribution in [0.4, 0.5) is 13.2 Å². The predicted octanol–water partition coefficient (Wildman–Crippen LogP) is 6.51. The minimum atomic E-state index is -4.38. The van der Waals surface area contributed by atoms with Gasteiger partial charge < -0.3 is 0 Å². The van der Waals surface area contributed by atoms with E-state index < -0.39 is 11.7 Å². The van der Waals surface area contributed by atoms with E-state index in [1.54, 1.807) is 38.4 Å². The third kappa shape index (κ3) is 7.16. The number of allylic oxidation sites excluding steroid dienone is 1. The maximum absolute atomic E-state index is 13.2. The summed E-state index contributed by atoms with van der Waals surface area (Å²) in [5, 5.41) is 0. The lowest BCUT2D eigenvalue weighted by atomic mass is 9.95. The molecule has 146 valence electrons. The number of rotatable bonds is 8. The number of aromatic nitrogens is 2.